The van der Waals surface area contributed by atoms with Crippen molar-refractivity contribution in [2.45, 2.75) is 27.3 Å². The number of benzene rings is 1. The number of rotatable bonds is 4. The van der Waals surface area contributed by atoms with E-state index in [2.05, 4.69) is 16.0 Å². The smallest absolute Gasteiger partial charge is 0.281 e. The maximum atomic E-state index is 13.0. The van der Waals surface area contributed by atoms with Crippen molar-refractivity contribution >= 4 is 35.0 Å². The minimum Gasteiger partial charge on any atom is -0.467 e. The second-order valence-electron chi connectivity index (χ2n) is 6.91. The molecule has 1 amide bonds. The molecule has 3 aromatic rings. The van der Waals surface area contributed by atoms with Crippen LogP contribution in [-0.2, 0) is 11.3 Å². The van der Waals surface area contributed by atoms with Crippen molar-refractivity contribution in [3.8, 4) is 0 Å². The molecule has 1 N–H and O–H groups in total. The molecule has 1 aromatic carbocycles. The van der Waals surface area contributed by atoms with Gasteiger partial charge in [0, 0.05) is 11.4 Å². The predicted molar refractivity (Wildman–Crippen MR) is 114 cm³/mol. The van der Waals surface area contributed by atoms with Gasteiger partial charge in [-0.1, -0.05) is 18.2 Å². The van der Waals surface area contributed by atoms with Crippen molar-refractivity contribution in [1.29, 1.82) is 0 Å². The topological polar surface area (TPSA) is 50.4 Å². The van der Waals surface area contributed by atoms with Crippen molar-refractivity contribution < 1.29 is 9.21 Å². The van der Waals surface area contributed by atoms with E-state index >= 15 is 0 Å². The van der Waals surface area contributed by atoms with E-state index in [1.54, 1.807) is 11.2 Å². The van der Waals surface area contributed by atoms with Crippen LogP contribution in [0, 0.1) is 20.8 Å². The molecule has 0 bridgehead atoms. The molecular weight excluding hydrogens is 370 g/mol. The van der Waals surface area contributed by atoms with Crippen molar-refractivity contribution in [2.24, 2.45) is 0 Å². The molecule has 0 spiro atoms. The molecule has 5 nitrogen and oxygen atoms in total. The molecule has 0 radical (unpaired) electrons. The number of carbonyl (C=O) groups is 1. The molecule has 1 saturated heterocycles. The predicted octanol–water partition coefficient (Wildman–Crippen LogP) is 4.32. The van der Waals surface area contributed by atoms with Gasteiger partial charge in [0.25, 0.3) is 5.91 Å². The SMILES string of the molecule is Cc1ccccc1N1C(=O)/C(=C/c2cc(C)n(Cc3ccco3)c2C)NC1=S. The Morgan fingerprint density at radius 1 is 1.14 bits per heavy atom. The van der Waals surface area contributed by atoms with Gasteiger partial charge < -0.3 is 14.3 Å². The van der Waals surface area contributed by atoms with Gasteiger partial charge in [0.15, 0.2) is 5.11 Å². The van der Waals surface area contributed by atoms with Crippen LogP contribution < -0.4 is 10.2 Å². The maximum absolute atomic E-state index is 13.0. The molecule has 142 valence electrons. The second-order valence-corrected chi connectivity index (χ2v) is 7.29. The third-order valence-electron chi connectivity index (χ3n) is 5.04. The lowest BCUT2D eigenvalue weighted by Crippen LogP contribution is -2.30. The second kappa shape index (κ2) is 7.13. The molecule has 4 rings (SSSR count). The molecule has 0 aliphatic carbocycles. The van der Waals surface area contributed by atoms with E-state index in [0.717, 1.165) is 34.0 Å². The van der Waals surface area contributed by atoms with E-state index in [1.165, 1.54) is 0 Å². The summed E-state index contributed by atoms with van der Waals surface area (Å²) >= 11 is 5.43. The molecule has 3 heterocycles. The van der Waals surface area contributed by atoms with Crippen molar-refractivity contribution in [1.82, 2.24) is 9.88 Å². The van der Waals surface area contributed by atoms with Crippen LogP contribution in [0.1, 0.15) is 28.3 Å². The fourth-order valence-electron chi connectivity index (χ4n) is 3.50. The fourth-order valence-corrected chi connectivity index (χ4v) is 3.79. The van der Waals surface area contributed by atoms with E-state index in [9.17, 15) is 4.79 Å². The van der Waals surface area contributed by atoms with Crippen molar-refractivity contribution in [2.75, 3.05) is 4.90 Å². The zero-order valence-electron chi connectivity index (χ0n) is 16.0. The number of amides is 1. The zero-order chi connectivity index (χ0) is 19.8. The Balaban J connectivity index is 1.66. The van der Waals surface area contributed by atoms with Crippen LogP contribution in [0.5, 0.6) is 0 Å². The number of aryl methyl sites for hydroxylation is 2. The highest BCUT2D eigenvalue weighted by Gasteiger charge is 2.32. The van der Waals surface area contributed by atoms with E-state index in [-0.39, 0.29) is 5.91 Å². The Bertz CT molecular complexity index is 1090. The normalized spacial score (nSPS) is 15.5. The maximum Gasteiger partial charge on any atom is 0.281 e. The number of aromatic nitrogens is 1. The summed E-state index contributed by atoms with van der Waals surface area (Å²) in [4.78, 5) is 14.6. The first-order valence-corrected chi connectivity index (χ1v) is 9.48. The largest absolute Gasteiger partial charge is 0.467 e. The number of para-hydroxylation sites is 1. The first kappa shape index (κ1) is 18.3. The highest BCUT2D eigenvalue weighted by molar-refractivity contribution is 7.80. The number of anilines is 1. The van der Waals surface area contributed by atoms with Gasteiger partial charge in [0.1, 0.15) is 11.5 Å². The molecule has 28 heavy (non-hydrogen) atoms. The first-order valence-electron chi connectivity index (χ1n) is 9.07. The molecule has 1 fully saturated rings. The van der Waals surface area contributed by atoms with Gasteiger partial charge in [-0.3, -0.25) is 9.69 Å². The van der Waals surface area contributed by atoms with Crippen LogP contribution in [0.2, 0.25) is 0 Å². The van der Waals surface area contributed by atoms with E-state index < -0.39 is 0 Å². The number of hydrogen-bond acceptors (Lipinski definition) is 3. The summed E-state index contributed by atoms with van der Waals surface area (Å²) in [6.07, 6.45) is 3.54. The van der Waals surface area contributed by atoms with E-state index in [4.69, 9.17) is 16.6 Å². The van der Waals surface area contributed by atoms with Gasteiger partial charge in [0.2, 0.25) is 0 Å². The van der Waals surface area contributed by atoms with Crippen LogP contribution in [-0.4, -0.2) is 15.6 Å². The number of carbonyl (C=O) groups excluding carboxylic acids is 1. The monoisotopic (exact) mass is 391 g/mol. The molecule has 2 aromatic heterocycles. The first-order chi connectivity index (χ1) is 13.5. The quantitative estimate of drug-likeness (QED) is 0.532. The minimum atomic E-state index is -0.143. The number of nitrogens with zero attached hydrogens (tertiary/aromatic N) is 2. The van der Waals surface area contributed by atoms with Crippen LogP contribution in [0.25, 0.3) is 6.08 Å². The van der Waals surface area contributed by atoms with Crippen LogP contribution >= 0.6 is 12.2 Å². The molecule has 1 aliphatic heterocycles. The average molecular weight is 391 g/mol. The Labute approximate surface area is 169 Å². The molecule has 0 atom stereocenters. The molecular formula is C22H21N3O2S. The molecule has 0 saturated carbocycles. The van der Waals surface area contributed by atoms with Crippen LogP contribution in [0.15, 0.2) is 58.8 Å². The van der Waals surface area contributed by atoms with Crippen molar-refractivity contribution in [3.63, 3.8) is 0 Å². The number of hydrogen-bond donors (Lipinski definition) is 1. The summed E-state index contributed by atoms with van der Waals surface area (Å²) in [5, 5.41) is 3.47. The van der Waals surface area contributed by atoms with Gasteiger partial charge >= 0.3 is 0 Å². The lowest BCUT2D eigenvalue weighted by molar-refractivity contribution is -0.113. The highest BCUT2D eigenvalue weighted by Crippen LogP contribution is 2.27. The Kier molecular flexibility index (Phi) is 4.65. The fraction of sp³-hybridized carbons (Fsp3) is 0.182. The highest BCUT2D eigenvalue weighted by atomic mass is 32.1. The summed E-state index contributed by atoms with van der Waals surface area (Å²) < 4.78 is 7.64. The van der Waals surface area contributed by atoms with Gasteiger partial charge in [-0.15, -0.1) is 0 Å². The Morgan fingerprint density at radius 3 is 2.64 bits per heavy atom. The number of thiocarbonyl (C=S) groups is 1. The summed E-state index contributed by atoms with van der Waals surface area (Å²) in [6.45, 7) is 6.71. The third-order valence-corrected chi connectivity index (χ3v) is 5.33. The van der Waals surface area contributed by atoms with Gasteiger partial charge in [-0.2, -0.15) is 0 Å². The van der Waals surface area contributed by atoms with E-state index in [1.807, 2.05) is 63.2 Å². The van der Waals surface area contributed by atoms with Crippen LogP contribution in [0.4, 0.5) is 5.69 Å². The van der Waals surface area contributed by atoms with Gasteiger partial charge in [-0.25, -0.2) is 0 Å². The van der Waals surface area contributed by atoms with Crippen molar-refractivity contribution in [3.05, 3.63) is 82.7 Å². The summed E-state index contributed by atoms with van der Waals surface area (Å²) in [6, 6.07) is 13.6. The molecule has 6 heteroatoms. The summed E-state index contributed by atoms with van der Waals surface area (Å²) in [5.74, 6) is 0.748. The van der Waals surface area contributed by atoms with Gasteiger partial charge in [-0.05, 0) is 74.5 Å². The average Bonchev–Trinajstić information content (AvgIpc) is 3.34. The third kappa shape index (κ3) is 3.16. The molecule has 0 unspecified atom stereocenters. The zero-order valence-corrected chi connectivity index (χ0v) is 16.8. The van der Waals surface area contributed by atoms with Gasteiger partial charge in [0.05, 0.1) is 18.5 Å². The van der Waals surface area contributed by atoms with E-state index in [0.29, 0.717) is 17.4 Å². The van der Waals surface area contributed by atoms with Crippen LogP contribution in [0.3, 0.4) is 0 Å². The Hall–Kier alpha value is -3.12. The minimum absolute atomic E-state index is 0.143. The molecule has 1 aliphatic rings. The summed E-state index contributed by atoms with van der Waals surface area (Å²) in [7, 11) is 0. The number of furan rings is 1. The number of nitrogens with one attached hydrogen (secondary N) is 1. The lowest BCUT2D eigenvalue weighted by Gasteiger charge is -2.16. The Morgan fingerprint density at radius 2 is 1.93 bits per heavy atom. The standard InChI is InChI=1S/C22H21N3O2S/c1-14-7-4-5-9-20(14)25-21(26)19(23-22(25)28)12-17-11-15(2)24(16(17)3)13-18-8-6-10-27-18/h4-12H,13H2,1-3H3,(H,23,28)/b19-12-. The lowest BCUT2D eigenvalue weighted by atomic mass is 10.1. The summed E-state index contributed by atoms with van der Waals surface area (Å²) in [5.41, 5.74) is 5.43.